The lowest BCUT2D eigenvalue weighted by molar-refractivity contribution is 0.108. The van der Waals surface area contributed by atoms with E-state index in [0.29, 0.717) is 36.2 Å². The van der Waals surface area contributed by atoms with Crippen LogP contribution in [0.25, 0.3) is 11.4 Å². The summed E-state index contributed by atoms with van der Waals surface area (Å²) < 4.78 is 5.22. The number of benzene rings is 1. The third-order valence-corrected chi connectivity index (χ3v) is 4.54. The standard InChI is InChI=1S/C17H21ClN4O3/c18-13-6-4-12(5-7-13)16-20-15(25-21-16)8-9-19-17(24)22-10-2-1-3-14(22)11-23/h4-7,14,23H,1-3,8-11H2,(H,19,24)/t14-/m1/s1. The molecule has 1 aromatic heterocycles. The molecule has 1 saturated heterocycles. The molecule has 1 aliphatic rings. The van der Waals surface area contributed by atoms with Crippen molar-refractivity contribution in [3.8, 4) is 11.4 Å². The minimum atomic E-state index is -0.156. The second kappa shape index (κ2) is 8.31. The van der Waals surface area contributed by atoms with Crippen molar-refractivity contribution in [1.82, 2.24) is 20.4 Å². The number of hydrogen-bond acceptors (Lipinski definition) is 5. The summed E-state index contributed by atoms with van der Waals surface area (Å²) in [5, 5.41) is 16.8. The van der Waals surface area contributed by atoms with E-state index in [2.05, 4.69) is 15.5 Å². The zero-order chi connectivity index (χ0) is 17.6. The van der Waals surface area contributed by atoms with Gasteiger partial charge in [-0.2, -0.15) is 4.98 Å². The summed E-state index contributed by atoms with van der Waals surface area (Å²) in [7, 11) is 0. The van der Waals surface area contributed by atoms with Gasteiger partial charge < -0.3 is 19.8 Å². The highest BCUT2D eigenvalue weighted by molar-refractivity contribution is 6.30. The highest BCUT2D eigenvalue weighted by Crippen LogP contribution is 2.19. The van der Waals surface area contributed by atoms with Crippen LogP contribution < -0.4 is 5.32 Å². The summed E-state index contributed by atoms with van der Waals surface area (Å²) in [4.78, 5) is 18.3. The van der Waals surface area contributed by atoms with Crippen LogP contribution in [-0.2, 0) is 6.42 Å². The molecule has 0 aliphatic carbocycles. The number of amides is 2. The van der Waals surface area contributed by atoms with E-state index in [-0.39, 0.29) is 18.7 Å². The number of likely N-dealkylation sites (tertiary alicyclic amines) is 1. The van der Waals surface area contributed by atoms with Crippen molar-refractivity contribution in [1.29, 1.82) is 0 Å². The molecular weight excluding hydrogens is 344 g/mol. The Morgan fingerprint density at radius 3 is 2.92 bits per heavy atom. The fourth-order valence-corrected chi connectivity index (χ4v) is 3.03. The van der Waals surface area contributed by atoms with Crippen LogP contribution in [0.3, 0.4) is 0 Å². The van der Waals surface area contributed by atoms with Crippen LogP contribution in [0.1, 0.15) is 25.2 Å². The van der Waals surface area contributed by atoms with Gasteiger partial charge >= 0.3 is 6.03 Å². The number of aliphatic hydroxyl groups is 1. The number of urea groups is 1. The lowest BCUT2D eigenvalue weighted by Gasteiger charge is -2.34. The first-order valence-corrected chi connectivity index (χ1v) is 8.79. The predicted octanol–water partition coefficient (Wildman–Crippen LogP) is 2.49. The van der Waals surface area contributed by atoms with Gasteiger partial charge in [0, 0.05) is 30.1 Å². The maximum absolute atomic E-state index is 12.2. The molecule has 0 radical (unpaired) electrons. The lowest BCUT2D eigenvalue weighted by Crippen LogP contribution is -2.50. The molecule has 1 aromatic carbocycles. The third kappa shape index (κ3) is 4.49. The highest BCUT2D eigenvalue weighted by Gasteiger charge is 2.25. The smallest absolute Gasteiger partial charge is 0.317 e. The van der Waals surface area contributed by atoms with Crippen molar-refractivity contribution in [2.45, 2.75) is 31.7 Å². The lowest BCUT2D eigenvalue weighted by atomic mass is 10.0. The molecule has 1 atom stereocenters. The number of carbonyl (C=O) groups excluding carboxylic acids is 1. The molecule has 2 amide bonds. The number of aromatic nitrogens is 2. The fourth-order valence-electron chi connectivity index (χ4n) is 2.91. The van der Waals surface area contributed by atoms with Gasteiger partial charge in [-0.1, -0.05) is 16.8 Å². The SMILES string of the molecule is O=C(NCCc1nc(-c2ccc(Cl)cc2)no1)N1CCCC[C@@H]1CO. The first kappa shape index (κ1) is 17.7. The van der Waals surface area contributed by atoms with E-state index in [4.69, 9.17) is 16.1 Å². The number of hydrogen-bond donors (Lipinski definition) is 2. The monoisotopic (exact) mass is 364 g/mol. The summed E-state index contributed by atoms with van der Waals surface area (Å²) in [5.74, 6) is 0.956. The molecule has 0 bridgehead atoms. The average Bonchev–Trinajstić information content (AvgIpc) is 3.11. The Kier molecular flexibility index (Phi) is 5.88. The molecular formula is C17H21ClN4O3. The van der Waals surface area contributed by atoms with Crippen LogP contribution in [0.5, 0.6) is 0 Å². The molecule has 0 spiro atoms. The van der Waals surface area contributed by atoms with Gasteiger partial charge in [-0.05, 0) is 43.5 Å². The highest BCUT2D eigenvalue weighted by atomic mass is 35.5. The number of nitrogens with one attached hydrogen (secondary N) is 1. The van der Waals surface area contributed by atoms with Crippen LogP contribution in [-0.4, -0.2) is 51.9 Å². The Bertz CT molecular complexity index is 704. The summed E-state index contributed by atoms with van der Waals surface area (Å²) in [6.07, 6.45) is 3.31. The minimum absolute atomic E-state index is 0.00152. The first-order chi connectivity index (χ1) is 12.2. The van der Waals surface area contributed by atoms with Gasteiger partial charge in [0.1, 0.15) is 0 Å². The molecule has 25 heavy (non-hydrogen) atoms. The number of aliphatic hydroxyl groups excluding tert-OH is 1. The molecule has 1 aliphatic heterocycles. The van der Waals surface area contributed by atoms with Crippen LogP contribution in [0.15, 0.2) is 28.8 Å². The average molecular weight is 365 g/mol. The largest absolute Gasteiger partial charge is 0.394 e. The van der Waals surface area contributed by atoms with Crippen molar-refractivity contribution < 1.29 is 14.4 Å². The summed E-state index contributed by atoms with van der Waals surface area (Å²) in [6, 6.07) is 6.94. The maximum atomic E-state index is 12.2. The Balaban J connectivity index is 1.50. The van der Waals surface area contributed by atoms with Gasteiger partial charge in [0.2, 0.25) is 11.7 Å². The van der Waals surface area contributed by atoms with Gasteiger partial charge in [0.05, 0.1) is 12.6 Å². The van der Waals surface area contributed by atoms with E-state index in [1.165, 1.54) is 0 Å². The zero-order valence-corrected chi connectivity index (χ0v) is 14.6. The van der Waals surface area contributed by atoms with Crippen molar-refractivity contribution in [3.63, 3.8) is 0 Å². The van der Waals surface area contributed by atoms with Crippen LogP contribution in [0.4, 0.5) is 4.79 Å². The Morgan fingerprint density at radius 1 is 1.36 bits per heavy atom. The van der Waals surface area contributed by atoms with Crippen molar-refractivity contribution >= 4 is 17.6 Å². The molecule has 8 heteroatoms. The van der Waals surface area contributed by atoms with Gasteiger partial charge in [0.25, 0.3) is 0 Å². The van der Waals surface area contributed by atoms with Gasteiger partial charge in [0.15, 0.2) is 0 Å². The number of nitrogens with zero attached hydrogens (tertiary/aromatic N) is 3. The van der Waals surface area contributed by atoms with Gasteiger partial charge in [-0.3, -0.25) is 0 Å². The molecule has 1 fully saturated rings. The second-order valence-corrected chi connectivity index (χ2v) is 6.46. The number of rotatable bonds is 5. The van der Waals surface area contributed by atoms with E-state index < -0.39 is 0 Å². The van der Waals surface area contributed by atoms with E-state index in [9.17, 15) is 9.90 Å². The first-order valence-electron chi connectivity index (χ1n) is 8.41. The predicted molar refractivity (Wildman–Crippen MR) is 93.3 cm³/mol. The molecule has 2 aromatic rings. The summed E-state index contributed by atoms with van der Waals surface area (Å²) in [5.41, 5.74) is 0.822. The Hall–Kier alpha value is -2.12. The van der Waals surface area contributed by atoms with E-state index in [0.717, 1.165) is 24.8 Å². The molecule has 2 N–H and O–H groups in total. The third-order valence-electron chi connectivity index (χ3n) is 4.28. The van der Waals surface area contributed by atoms with Gasteiger partial charge in [-0.15, -0.1) is 0 Å². The number of halogens is 1. The molecule has 7 nitrogen and oxygen atoms in total. The molecule has 0 saturated carbocycles. The fraction of sp³-hybridized carbons (Fsp3) is 0.471. The Labute approximate surface area is 151 Å². The minimum Gasteiger partial charge on any atom is -0.394 e. The van der Waals surface area contributed by atoms with Crippen LogP contribution in [0.2, 0.25) is 5.02 Å². The van der Waals surface area contributed by atoms with E-state index in [1.807, 2.05) is 12.1 Å². The second-order valence-electron chi connectivity index (χ2n) is 6.03. The summed E-state index contributed by atoms with van der Waals surface area (Å²) >= 11 is 5.86. The zero-order valence-electron chi connectivity index (χ0n) is 13.8. The quantitative estimate of drug-likeness (QED) is 0.850. The van der Waals surface area contributed by atoms with Crippen LogP contribution >= 0.6 is 11.6 Å². The van der Waals surface area contributed by atoms with E-state index >= 15 is 0 Å². The number of carbonyl (C=O) groups is 1. The van der Waals surface area contributed by atoms with Crippen molar-refractivity contribution in [2.75, 3.05) is 19.7 Å². The van der Waals surface area contributed by atoms with Gasteiger partial charge in [-0.25, -0.2) is 4.79 Å². The van der Waals surface area contributed by atoms with Crippen molar-refractivity contribution in [3.05, 3.63) is 35.2 Å². The van der Waals surface area contributed by atoms with Crippen LogP contribution in [0, 0.1) is 0 Å². The Morgan fingerprint density at radius 2 is 2.16 bits per heavy atom. The molecule has 134 valence electrons. The topological polar surface area (TPSA) is 91.5 Å². The molecule has 2 heterocycles. The normalized spacial score (nSPS) is 17.5. The van der Waals surface area contributed by atoms with E-state index in [1.54, 1.807) is 17.0 Å². The number of piperidine rings is 1. The molecule has 0 unspecified atom stereocenters. The maximum Gasteiger partial charge on any atom is 0.317 e. The summed E-state index contributed by atoms with van der Waals surface area (Å²) in [6.45, 7) is 1.08. The molecule has 3 rings (SSSR count). The van der Waals surface area contributed by atoms with Crippen molar-refractivity contribution in [2.24, 2.45) is 0 Å².